The topological polar surface area (TPSA) is 54.9 Å². The van der Waals surface area contributed by atoms with Crippen LogP contribution in [0.4, 0.5) is 4.39 Å². The Balaban J connectivity index is 2.25. The van der Waals surface area contributed by atoms with E-state index in [1.165, 1.54) is 6.20 Å². The molecule has 6 heteroatoms. The molecule has 0 saturated carbocycles. The van der Waals surface area contributed by atoms with E-state index in [1.807, 2.05) is 19.1 Å². The Morgan fingerprint density at radius 1 is 1.38 bits per heavy atom. The number of carbonyl (C=O) groups excluding carboxylic acids is 1. The number of aryl methyl sites for hydroxylation is 2. The molecule has 4 nitrogen and oxygen atoms in total. The minimum atomic E-state index is -0.731. The lowest BCUT2D eigenvalue weighted by Crippen LogP contribution is -2.31. The van der Waals surface area contributed by atoms with Gasteiger partial charge in [0.05, 0.1) is 17.3 Å². The zero-order valence-corrected chi connectivity index (χ0v) is 12.5. The van der Waals surface area contributed by atoms with Crippen LogP contribution in [0.1, 0.15) is 33.5 Å². The van der Waals surface area contributed by atoms with Gasteiger partial charge in [0, 0.05) is 0 Å². The Labute approximate surface area is 127 Å². The third kappa shape index (κ3) is 3.55. The van der Waals surface area contributed by atoms with Gasteiger partial charge in [-0.15, -0.1) is 0 Å². The highest BCUT2D eigenvalue weighted by Crippen LogP contribution is 2.19. The summed E-state index contributed by atoms with van der Waals surface area (Å²) in [6.07, 6.45) is 1.36. The molecule has 2 aromatic rings. The van der Waals surface area contributed by atoms with Crippen molar-refractivity contribution in [3.63, 3.8) is 0 Å². The van der Waals surface area contributed by atoms with Gasteiger partial charge in [-0.1, -0.05) is 35.9 Å². The van der Waals surface area contributed by atoms with E-state index >= 15 is 0 Å². The first-order valence-corrected chi connectivity index (χ1v) is 6.82. The van der Waals surface area contributed by atoms with Crippen molar-refractivity contribution >= 4 is 17.5 Å². The minimum Gasteiger partial charge on any atom is -0.341 e. The highest BCUT2D eigenvalue weighted by Gasteiger charge is 2.20. The first kappa shape index (κ1) is 15.4. The maximum atomic E-state index is 13.3. The van der Waals surface area contributed by atoms with Crippen molar-refractivity contribution in [2.75, 3.05) is 6.67 Å². The summed E-state index contributed by atoms with van der Waals surface area (Å²) >= 11 is 5.92. The molecule has 1 unspecified atom stereocenters. The lowest BCUT2D eigenvalue weighted by atomic mass is 10.0. The molecule has 1 aromatic carbocycles. The Morgan fingerprint density at radius 2 is 2.10 bits per heavy atom. The summed E-state index contributed by atoms with van der Waals surface area (Å²) in [5.74, 6) is -0.0892. The Kier molecular flexibility index (Phi) is 4.85. The van der Waals surface area contributed by atoms with Crippen molar-refractivity contribution < 1.29 is 9.18 Å². The molecule has 1 amide bonds. The Bertz CT molecular complexity index is 663. The number of benzene rings is 1. The molecule has 1 atom stereocenters. The molecule has 1 aromatic heterocycles. The second-order valence-corrected chi connectivity index (χ2v) is 5.06. The number of aromatic nitrogens is 2. The van der Waals surface area contributed by atoms with Gasteiger partial charge in [-0.3, -0.25) is 4.79 Å². The van der Waals surface area contributed by atoms with E-state index < -0.39 is 18.6 Å². The smallest absolute Gasteiger partial charge is 0.272 e. The second kappa shape index (κ2) is 6.63. The number of halogens is 2. The lowest BCUT2D eigenvalue weighted by Gasteiger charge is -2.18. The zero-order valence-electron chi connectivity index (χ0n) is 11.7. The molecule has 21 heavy (non-hydrogen) atoms. The molecule has 0 aliphatic rings. The molecule has 0 saturated heterocycles. The molecule has 0 fully saturated rings. The normalized spacial score (nSPS) is 12.0. The molecule has 2 rings (SSSR count). The van der Waals surface area contributed by atoms with Crippen LogP contribution in [0.5, 0.6) is 0 Å². The number of carbonyl (C=O) groups is 1. The molecule has 0 aliphatic heterocycles. The third-order valence-corrected chi connectivity index (χ3v) is 3.38. The van der Waals surface area contributed by atoms with Crippen LogP contribution in [0.15, 0.2) is 30.5 Å². The number of hydrogen-bond acceptors (Lipinski definition) is 3. The predicted molar refractivity (Wildman–Crippen MR) is 79.1 cm³/mol. The molecule has 0 bridgehead atoms. The van der Waals surface area contributed by atoms with Crippen LogP contribution in [-0.4, -0.2) is 22.5 Å². The summed E-state index contributed by atoms with van der Waals surface area (Å²) < 4.78 is 13.3. The molecule has 1 heterocycles. The summed E-state index contributed by atoms with van der Waals surface area (Å²) in [5.41, 5.74) is 1.69. The average Bonchev–Trinajstić information content (AvgIpc) is 2.48. The van der Waals surface area contributed by atoms with Crippen molar-refractivity contribution in [2.45, 2.75) is 19.9 Å². The Hall–Kier alpha value is -2.01. The number of hydrogen-bond donors (Lipinski definition) is 1. The molecular weight excluding hydrogens is 293 g/mol. The van der Waals surface area contributed by atoms with Gasteiger partial charge in [0.2, 0.25) is 0 Å². The van der Waals surface area contributed by atoms with Crippen molar-refractivity contribution in [3.05, 3.63) is 58.1 Å². The van der Waals surface area contributed by atoms with Gasteiger partial charge < -0.3 is 5.32 Å². The van der Waals surface area contributed by atoms with Crippen molar-refractivity contribution in [1.29, 1.82) is 0 Å². The van der Waals surface area contributed by atoms with Crippen LogP contribution in [-0.2, 0) is 0 Å². The van der Waals surface area contributed by atoms with Crippen molar-refractivity contribution in [1.82, 2.24) is 15.3 Å². The zero-order chi connectivity index (χ0) is 15.4. The van der Waals surface area contributed by atoms with Crippen molar-refractivity contribution in [3.8, 4) is 0 Å². The van der Waals surface area contributed by atoms with Crippen LogP contribution < -0.4 is 5.32 Å². The molecule has 0 aliphatic carbocycles. The largest absolute Gasteiger partial charge is 0.341 e. The van der Waals surface area contributed by atoms with Gasteiger partial charge in [0.25, 0.3) is 5.91 Å². The maximum Gasteiger partial charge on any atom is 0.272 e. The number of rotatable bonds is 4. The van der Waals surface area contributed by atoms with E-state index in [0.29, 0.717) is 5.82 Å². The number of nitrogens with one attached hydrogen (secondary N) is 1. The summed E-state index contributed by atoms with van der Waals surface area (Å²) in [6, 6.07) is 6.59. The van der Waals surface area contributed by atoms with Crippen LogP contribution in [0.25, 0.3) is 0 Å². The maximum absolute atomic E-state index is 13.3. The van der Waals surface area contributed by atoms with E-state index in [1.54, 1.807) is 19.1 Å². The van der Waals surface area contributed by atoms with Gasteiger partial charge in [-0.2, -0.15) is 0 Å². The predicted octanol–water partition coefficient (Wildman–Crippen LogP) is 3.19. The highest BCUT2D eigenvalue weighted by atomic mass is 35.5. The van der Waals surface area contributed by atoms with E-state index in [0.717, 1.165) is 11.1 Å². The minimum absolute atomic E-state index is 0.0520. The number of amides is 1. The first-order chi connectivity index (χ1) is 10.0. The summed E-state index contributed by atoms with van der Waals surface area (Å²) in [4.78, 5) is 20.1. The SMILES string of the molecule is Cc1ncc(Cl)c(C(=O)NC(CF)c2ccccc2C)n1. The van der Waals surface area contributed by atoms with Gasteiger partial charge in [0.15, 0.2) is 0 Å². The third-order valence-electron chi connectivity index (χ3n) is 3.10. The molecular formula is C15H15ClFN3O. The van der Waals surface area contributed by atoms with Gasteiger partial charge >= 0.3 is 0 Å². The Morgan fingerprint density at radius 3 is 2.76 bits per heavy atom. The van der Waals surface area contributed by atoms with Crippen LogP contribution in [0.2, 0.25) is 5.02 Å². The second-order valence-electron chi connectivity index (χ2n) is 4.65. The van der Waals surface area contributed by atoms with Gasteiger partial charge in [-0.25, -0.2) is 14.4 Å². The molecule has 1 N–H and O–H groups in total. The van der Waals surface area contributed by atoms with E-state index in [9.17, 15) is 9.18 Å². The summed E-state index contributed by atoms with van der Waals surface area (Å²) in [5, 5.41) is 2.76. The van der Waals surface area contributed by atoms with Gasteiger partial charge in [0.1, 0.15) is 18.2 Å². The molecule has 0 spiro atoms. The van der Waals surface area contributed by atoms with Crippen LogP contribution in [0, 0.1) is 13.8 Å². The number of nitrogens with zero attached hydrogens (tertiary/aromatic N) is 2. The lowest BCUT2D eigenvalue weighted by molar-refractivity contribution is 0.0924. The first-order valence-electron chi connectivity index (χ1n) is 6.44. The summed E-state index contributed by atoms with van der Waals surface area (Å²) in [7, 11) is 0. The van der Waals surface area contributed by atoms with E-state index in [4.69, 9.17) is 11.6 Å². The van der Waals surface area contributed by atoms with Crippen LogP contribution >= 0.6 is 11.6 Å². The van der Waals surface area contributed by atoms with Crippen molar-refractivity contribution in [2.24, 2.45) is 0 Å². The van der Waals surface area contributed by atoms with Gasteiger partial charge in [-0.05, 0) is 25.0 Å². The molecule has 0 radical (unpaired) electrons. The van der Waals surface area contributed by atoms with Crippen LogP contribution in [0.3, 0.4) is 0 Å². The van der Waals surface area contributed by atoms with E-state index in [2.05, 4.69) is 15.3 Å². The fourth-order valence-corrected chi connectivity index (χ4v) is 2.20. The van der Waals surface area contributed by atoms with E-state index in [-0.39, 0.29) is 10.7 Å². The molecule has 110 valence electrons. The standard InChI is InChI=1S/C15H15ClFN3O/c1-9-5-3-4-6-11(9)13(7-17)20-15(21)14-12(16)8-18-10(2)19-14/h3-6,8,13H,7H2,1-2H3,(H,20,21). The highest BCUT2D eigenvalue weighted by molar-refractivity contribution is 6.33. The average molecular weight is 308 g/mol. The quantitative estimate of drug-likeness (QED) is 0.944. The fraction of sp³-hybridized carbons (Fsp3) is 0.267. The number of alkyl halides is 1. The fourth-order valence-electron chi connectivity index (χ4n) is 2.02. The monoisotopic (exact) mass is 307 g/mol. The summed E-state index contributed by atoms with van der Waals surface area (Å²) in [6.45, 7) is 2.81.